The van der Waals surface area contributed by atoms with Crippen LogP contribution >= 0.6 is 7.94 Å². The molecule has 0 aliphatic heterocycles. The zero-order valence-electron chi connectivity index (χ0n) is 8.00. The van der Waals surface area contributed by atoms with Gasteiger partial charge in [-0.15, -0.1) is 0 Å². The SMILES string of the molecule is NC(N)NCCCC[C@H](N)[P+](O)(O)O. The third kappa shape index (κ3) is 7.54. The summed E-state index contributed by atoms with van der Waals surface area (Å²) in [5.41, 5.74) is 15.8. The van der Waals surface area contributed by atoms with Crippen LogP contribution in [0.5, 0.6) is 0 Å². The van der Waals surface area contributed by atoms with Gasteiger partial charge in [0.15, 0.2) is 5.78 Å². The average Bonchev–Trinajstić information content (AvgIpc) is 2.01. The summed E-state index contributed by atoms with van der Waals surface area (Å²) in [6.07, 6.45) is 1.26. The highest BCUT2D eigenvalue weighted by atomic mass is 31.2. The molecule has 1 atom stereocenters. The maximum absolute atomic E-state index is 8.77. The lowest BCUT2D eigenvalue weighted by Gasteiger charge is -2.12. The highest BCUT2D eigenvalue weighted by Gasteiger charge is 2.38. The van der Waals surface area contributed by atoms with Gasteiger partial charge in [-0.25, -0.2) is 0 Å². The van der Waals surface area contributed by atoms with Gasteiger partial charge in [-0.1, -0.05) is 0 Å². The average molecular weight is 227 g/mol. The van der Waals surface area contributed by atoms with E-state index in [0.717, 1.165) is 6.42 Å². The van der Waals surface area contributed by atoms with Gasteiger partial charge in [-0.3, -0.25) is 11.1 Å². The Morgan fingerprint density at radius 2 is 1.64 bits per heavy atom. The normalized spacial score (nSPS) is 14.8. The van der Waals surface area contributed by atoms with Gasteiger partial charge in [0.25, 0.3) is 0 Å². The molecule has 0 saturated carbocycles. The molecular formula is C6H20N4O3P+. The van der Waals surface area contributed by atoms with Gasteiger partial charge >= 0.3 is 7.94 Å². The molecule has 86 valence electrons. The van der Waals surface area contributed by atoms with E-state index >= 15 is 0 Å². The van der Waals surface area contributed by atoms with Gasteiger partial charge < -0.3 is 11.5 Å². The Bertz CT molecular complexity index is 153. The first-order valence-electron chi connectivity index (χ1n) is 4.41. The minimum Gasteiger partial charge on any atom is -0.304 e. The first-order valence-corrected chi connectivity index (χ1v) is 6.13. The zero-order valence-corrected chi connectivity index (χ0v) is 8.90. The van der Waals surface area contributed by atoms with Gasteiger partial charge in [0.1, 0.15) is 6.29 Å². The van der Waals surface area contributed by atoms with Crippen molar-refractivity contribution in [2.24, 2.45) is 17.2 Å². The van der Waals surface area contributed by atoms with Gasteiger partial charge in [0.05, 0.1) is 0 Å². The highest BCUT2D eigenvalue weighted by molar-refractivity contribution is 7.59. The Hall–Kier alpha value is 0.150. The Kier molecular flexibility index (Phi) is 6.67. The molecule has 0 aliphatic rings. The van der Waals surface area contributed by atoms with Crippen molar-refractivity contribution < 1.29 is 14.7 Å². The Morgan fingerprint density at radius 1 is 1.07 bits per heavy atom. The molecule has 0 bridgehead atoms. The predicted molar refractivity (Wildman–Crippen MR) is 55.6 cm³/mol. The van der Waals surface area contributed by atoms with Crippen molar-refractivity contribution in [2.45, 2.75) is 31.3 Å². The first kappa shape index (κ1) is 14.2. The van der Waals surface area contributed by atoms with Gasteiger partial charge in [-0.05, 0) is 19.4 Å². The number of hydrogen-bond donors (Lipinski definition) is 7. The molecule has 10 N–H and O–H groups in total. The lowest BCUT2D eigenvalue weighted by Crippen LogP contribution is -2.45. The molecule has 7 nitrogen and oxygen atoms in total. The van der Waals surface area contributed by atoms with Gasteiger partial charge in [0.2, 0.25) is 0 Å². The summed E-state index contributed by atoms with van der Waals surface area (Å²) in [6.45, 7) is 0.637. The van der Waals surface area contributed by atoms with E-state index in [-0.39, 0.29) is 0 Å². The Balaban J connectivity index is 3.37. The second-order valence-electron chi connectivity index (χ2n) is 3.16. The fraction of sp³-hybridized carbons (Fsp3) is 1.00. The topological polar surface area (TPSA) is 151 Å². The maximum atomic E-state index is 8.77. The Morgan fingerprint density at radius 3 is 2.07 bits per heavy atom. The molecule has 14 heavy (non-hydrogen) atoms. The van der Waals surface area contributed by atoms with Crippen molar-refractivity contribution in [1.29, 1.82) is 0 Å². The molecule has 0 aromatic rings. The van der Waals surface area contributed by atoms with E-state index in [1.807, 2.05) is 0 Å². The minimum atomic E-state index is -3.87. The molecule has 0 fully saturated rings. The monoisotopic (exact) mass is 227 g/mol. The molecule has 0 saturated heterocycles. The zero-order chi connectivity index (χ0) is 11.2. The lowest BCUT2D eigenvalue weighted by molar-refractivity contribution is 0.310. The smallest absolute Gasteiger partial charge is 0.304 e. The molecule has 0 heterocycles. The van der Waals surface area contributed by atoms with Gasteiger partial charge in [-0.2, -0.15) is 14.7 Å². The predicted octanol–water partition coefficient (Wildman–Crippen LogP) is -2.03. The molecule has 0 unspecified atom stereocenters. The van der Waals surface area contributed by atoms with E-state index in [0.29, 0.717) is 19.4 Å². The van der Waals surface area contributed by atoms with Crippen LogP contribution in [0.2, 0.25) is 0 Å². The van der Waals surface area contributed by atoms with E-state index in [1.54, 1.807) is 0 Å². The fourth-order valence-corrected chi connectivity index (χ4v) is 1.45. The van der Waals surface area contributed by atoms with Gasteiger partial charge in [0, 0.05) is 6.42 Å². The van der Waals surface area contributed by atoms with Crippen LogP contribution in [0.25, 0.3) is 0 Å². The number of unbranched alkanes of at least 4 members (excludes halogenated alkanes) is 1. The van der Waals surface area contributed by atoms with Crippen LogP contribution in [-0.4, -0.2) is 33.3 Å². The van der Waals surface area contributed by atoms with Crippen LogP contribution in [-0.2, 0) is 0 Å². The van der Waals surface area contributed by atoms with Crippen LogP contribution in [0.4, 0.5) is 0 Å². The molecule has 0 rings (SSSR count). The lowest BCUT2D eigenvalue weighted by atomic mass is 10.2. The molecule has 0 aliphatic carbocycles. The van der Waals surface area contributed by atoms with E-state index in [1.165, 1.54) is 0 Å². The fourth-order valence-electron chi connectivity index (χ4n) is 0.920. The summed E-state index contributed by atoms with van der Waals surface area (Å²) in [4.78, 5) is 26.3. The van der Waals surface area contributed by atoms with Crippen LogP contribution in [0.15, 0.2) is 0 Å². The van der Waals surface area contributed by atoms with Crippen molar-refractivity contribution in [1.82, 2.24) is 5.32 Å². The van der Waals surface area contributed by atoms with Crippen molar-refractivity contribution in [3.8, 4) is 0 Å². The summed E-state index contributed by atoms with van der Waals surface area (Å²) in [7, 11) is -3.87. The Labute approximate surface area is 83.9 Å². The standard InChI is InChI=1S/C6H20N4O3P/c7-5(14(11,12)13)3-1-2-4-10-6(8)9/h5-6,10-13H,1-4,7-9H2/q+1/t5-/m1/s1. The van der Waals surface area contributed by atoms with Crippen LogP contribution in [0.1, 0.15) is 19.3 Å². The number of hydrogen-bond acceptors (Lipinski definition) is 7. The molecule has 0 radical (unpaired) electrons. The summed E-state index contributed by atoms with van der Waals surface area (Å²) in [5, 5.41) is 2.79. The third-order valence-corrected chi connectivity index (χ3v) is 2.90. The van der Waals surface area contributed by atoms with E-state index in [2.05, 4.69) is 5.32 Å². The quantitative estimate of drug-likeness (QED) is 0.150. The summed E-state index contributed by atoms with van der Waals surface area (Å²) >= 11 is 0. The van der Waals surface area contributed by atoms with Crippen LogP contribution in [0, 0.1) is 0 Å². The minimum absolute atomic E-state index is 0.360. The maximum Gasteiger partial charge on any atom is 0.421 e. The molecule has 0 spiro atoms. The molecule has 8 heteroatoms. The summed E-state index contributed by atoms with van der Waals surface area (Å²) in [5.74, 6) is -0.950. The van der Waals surface area contributed by atoms with Crippen molar-refractivity contribution in [3.63, 3.8) is 0 Å². The number of nitrogens with one attached hydrogen (secondary N) is 1. The molecule has 0 aromatic carbocycles. The first-order chi connectivity index (χ1) is 6.34. The number of rotatable bonds is 7. The molecule has 0 aromatic heterocycles. The molecular weight excluding hydrogens is 207 g/mol. The van der Waals surface area contributed by atoms with Crippen LogP contribution < -0.4 is 22.5 Å². The summed E-state index contributed by atoms with van der Waals surface area (Å²) < 4.78 is 0. The third-order valence-electron chi connectivity index (χ3n) is 1.75. The second kappa shape index (κ2) is 6.60. The molecule has 0 amide bonds. The van der Waals surface area contributed by atoms with E-state index in [4.69, 9.17) is 31.9 Å². The second-order valence-corrected chi connectivity index (χ2v) is 5.05. The largest absolute Gasteiger partial charge is 0.421 e. The van der Waals surface area contributed by atoms with Crippen molar-refractivity contribution >= 4 is 7.94 Å². The number of nitrogens with two attached hydrogens (primary N) is 3. The van der Waals surface area contributed by atoms with E-state index < -0.39 is 20.0 Å². The van der Waals surface area contributed by atoms with Crippen molar-refractivity contribution in [2.75, 3.05) is 6.54 Å². The van der Waals surface area contributed by atoms with Crippen LogP contribution in [0.3, 0.4) is 0 Å². The van der Waals surface area contributed by atoms with E-state index in [9.17, 15) is 0 Å². The van der Waals surface area contributed by atoms with Crippen molar-refractivity contribution in [3.05, 3.63) is 0 Å². The summed E-state index contributed by atoms with van der Waals surface area (Å²) in [6, 6.07) is 0. The highest BCUT2D eigenvalue weighted by Crippen LogP contribution is 2.49.